The predicted octanol–water partition coefficient (Wildman–Crippen LogP) is 0.924. The van der Waals surface area contributed by atoms with Crippen molar-refractivity contribution in [1.29, 1.82) is 0 Å². The number of hydrogen-bond acceptors (Lipinski definition) is 5. The first-order valence-electron chi connectivity index (χ1n) is 5.42. The Morgan fingerprint density at radius 2 is 2.06 bits per heavy atom. The highest BCUT2D eigenvalue weighted by molar-refractivity contribution is 5.56. The van der Waals surface area contributed by atoms with Crippen LogP contribution in [0.3, 0.4) is 0 Å². The van der Waals surface area contributed by atoms with Crippen LogP contribution >= 0.6 is 0 Å². The molecule has 0 unspecified atom stereocenters. The van der Waals surface area contributed by atoms with Crippen molar-refractivity contribution in [3.63, 3.8) is 0 Å². The summed E-state index contributed by atoms with van der Waals surface area (Å²) in [6.45, 7) is 2.48. The van der Waals surface area contributed by atoms with Crippen molar-refractivity contribution in [3.05, 3.63) is 33.9 Å². The Bertz CT molecular complexity index is 416. The summed E-state index contributed by atoms with van der Waals surface area (Å²) in [5.74, 6) is 0. The molecule has 1 heterocycles. The number of hydrogen-bond donors (Lipinski definition) is 1. The van der Waals surface area contributed by atoms with Crippen molar-refractivity contribution in [2.75, 3.05) is 31.2 Å². The number of non-ortho nitro benzene ring substituents is 1. The van der Waals surface area contributed by atoms with Gasteiger partial charge in [-0.15, -0.1) is 0 Å². The van der Waals surface area contributed by atoms with Gasteiger partial charge in [-0.05, 0) is 11.6 Å². The fourth-order valence-electron chi connectivity index (χ4n) is 1.86. The Morgan fingerprint density at radius 1 is 1.35 bits per heavy atom. The maximum absolute atomic E-state index is 10.8. The lowest BCUT2D eigenvalue weighted by molar-refractivity contribution is -0.384. The Balaban J connectivity index is 2.31. The third-order valence-electron chi connectivity index (χ3n) is 2.73. The molecule has 1 fully saturated rings. The smallest absolute Gasteiger partial charge is 0.271 e. The van der Waals surface area contributed by atoms with Crippen LogP contribution < -0.4 is 4.90 Å². The number of aliphatic hydroxyl groups is 1. The van der Waals surface area contributed by atoms with Crippen molar-refractivity contribution in [3.8, 4) is 0 Å². The van der Waals surface area contributed by atoms with Gasteiger partial charge in [-0.1, -0.05) is 0 Å². The summed E-state index contributed by atoms with van der Waals surface area (Å²) in [7, 11) is 0. The predicted molar refractivity (Wildman–Crippen MR) is 62.1 cm³/mol. The van der Waals surface area contributed by atoms with Crippen molar-refractivity contribution in [2.45, 2.75) is 6.61 Å². The second kappa shape index (κ2) is 5.11. The molecule has 1 saturated heterocycles. The van der Waals surface area contributed by atoms with E-state index in [0.29, 0.717) is 31.9 Å². The lowest BCUT2D eigenvalue weighted by Gasteiger charge is -2.28. The van der Waals surface area contributed by atoms with Crippen molar-refractivity contribution < 1.29 is 14.8 Å². The van der Waals surface area contributed by atoms with Gasteiger partial charge in [0, 0.05) is 30.9 Å². The average Bonchev–Trinajstić information content (AvgIpc) is 2.39. The first-order chi connectivity index (χ1) is 8.20. The molecule has 0 saturated carbocycles. The van der Waals surface area contributed by atoms with Crippen LogP contribution in [-0.4, -0.2) is 36.3 Å². The molecule has 1 aliphatic heterocycles. The van der Waals surface area contributed by atoms with Gasteiger partial charge in [0.2, 0.25) is 0 Å². The minimum absolute atomic E-state index is 0.0121. The van der Waals surface area contributed by atoms with E-state index in [-0.39, 0.29) is 12.3 Å². The summed E-state index contributed by atoms with van der Waals surface area (Å²) in [4.78, 5) is 12.4. The Morgan fingerprint density at radius 3 is 2.65 bits per heavy atom. The van der Waals surface area contributed by atoms with Crippen molar-refractivity contribution >= 4 is 11.4 Å². The van der Waals surface area contributed by atoms with Crippen LogP contribution in [0, 0.1) is 10.1 Å². The number of anilines is 1. The molecule has 1 aliphatic rings. The lowest BCUT2D eigenvalue weighted by Crippen LogP contribution is -2.36. The molecule has 2 rings (SSSR count). The van der Waals surface area contributed by atoms with Gasteiger partial charge in [-0.2, -0.15) is 0 Å². The molecule has 0 bridgehead atoms. The minimum atomic E-state index is -0.441. The molecule has 0 radical (unpaired) electrons. The quantitative estimate of drug-likeness (QED) is 0.626. The zero-order valence-corrected chi connectivity index (χ0v) is 9.33. The molecule has 0 atom stereocenters. The summed E-state index contributed by atoms with van der Waals surface area (Å²) in [6, 6.07) is 4.70. The molecular formula is C11H14N2O4. The molecule has 1 aromatic carbocycles. The molecule has 1 aromatic rings. The molecule has 0 spiro atoms. The zero-order chi connectivity index (χ0) is 12.3. The molecule has 6 nitrogen and oxygen atoms in total. The molecular weight excluding hydrogens is 224 g/mol. The maximum atomic E-state index is 10.8. The SMILES string of the molecule is O=[N+]([O-])c1cc(CO)cc(N2CCOCC2)c1. The second-order valence-corrected chi connectivity index (χ2v) is 3.87. The molecule has 1 N–H and O–H groups in total. The number of nitro groups is 1. The lowest BCUT2D eigenvalue weighted by atomic mass is 10.1. The van der Waals surface area contributed by atoms with E-state index >= 15 is 0 Å². The minimum Gasteiger partial charge on any atom is -0.392 e. The zero-order valence-electron chi connectivity index (χ0n) is 9.33. The van der Waals surface area contributed by atoms with Crippen LogP contribution in [0.15, 0.2) is 18.2 Å². The van der Waals surface area contributed by atoms with E-state index < -0.39 is 4.92 Å². The summed E-state index contributed by atoms with van der Waals surface area (Å²) in [5, 5.41) is 19.9. The van der Waals surface area contributed by atoms with Crippen LogP contribution in [0.2, 0.25) is 0 Å². The van der Waals surface area contributed by atoms with Gasteiger partial charge in [-0.3, -0.25) is 10.1 Å². The van der Waals surface area contributed by atoms with Gasteiger partial charge in [0.05, 0.1) is 24.7 Å². The summed E-state index contributed by atoms with van der Waals surface area (Å²) in [6.07, 6.45) is 0. The third-order valence-corrected chi connectivity index (χ3v) is 2.73. The Hall–Kier alpha value is -1.66. The van der Waals surface area contributed by atoms with Crippen molar-refractivity contribution in [2.24, 2.45) is 0 Å². The normalized spacial score (nSPS) is 15.9. The highest BCUT2D eigenvalue weighted by atomic mass is 16.6. The largest absolute Gasteiger partial charge is 0.392 e. The van der Waals surface area contributed by atoms with E-state index in [0.717, 1.165) is 5.69 Å². The van der Waals surface area contributed by atoms with Gasteiger partial charge in [0.15, 0.2) is 0 Å². The van der Waals surface area contributed by atoms with Crippen LogP contribution in [-0.2, 0) is 11.3 Å². The van der Waals surface area contributed by atoms with E-state index in [1.54, 1.807) is 6.07 Å². The summed E-state index contributed by atoms with van der Waals surface area (Å²) < 4.78 is 5.23. The van der Waals surface area contributed by atoms with Crippen LogP contribution in [0.25, 0.3) is 0 Å². The number of nitro benzene ring substituents is 1. The first kappa shape index (κ1) is 11.8. The van der Waals surface area contributed by atoms with E-state index in [9.17, 15) is 10.1 Å². The fraction of sp³-hybridized carbons (Fsp3) is 0.455. The Labute approximate surface area is 98.6 Å². The molecule has 0 amide bonds. The summed E-state index contributed by atoms with van der Waals surface area (Å²) >= 11 is 0. The van der Waals surface area contributed by atoms with E-state index in [1.807, 2.05) is 4.90 Å². The number of nitrogens with zero attached hydrogens (tertiary/aromatic N) is 2. The average molecular weight is 238 g/mol. The van der Waals surface area contributed by atoms with Gasteiger partial charge in [-0.25, -0.2) is 0 Å². The number of benzene rings is 1. The highest BCUT2D eigenvalue weighted by Gasteiger charge is 2.16. The van der Waals surface area contributed by atoms with Crippen LogP contribution in [0.4, 0.5) is 11.4 Å². The molecule has 92 valence electrons. The van der Waals surface area contributed by atoms with Crippen LogP contribution in [0.5, 0.6) is 0 Å². The van der Waals surface area contributed by atoms with Gasteiger partial charge >= 0.3 is 0 Å². The van der Waals surface area contributed by atoms with Crippen LogP contribution in [0.1, 0.15) is 5.56 Å². The number of morpholine rings is 1. The van der Waals surface area contributed by atoms with Gasteiger partial charge in [0.1, 0.15) is 0 Å². The van der Waals surface area contributed by atoms with Gasteiger partial charge in [0.25, 0.3) is 5.69 Å². The monoisotopic (exact) mass is 238 g/mol. The summed E-state index contributed by atoms with van der Waals surface area (Å²) in [5.41, 5.74) is 1.34. The third kappa shape index (κ3) is 2.72. The van der Waals surface area contributed by atoms with E-state index in [4.69, 9.17) is 9.84 Å². The standard InChI is InChI=1S/C11H14N2O4/c14-8-9-5-10(7-11(6-9)13(15)16)12-1-3-17-4-2-12/h5-7,14H,1-4,8H2. The van der Waals surface area contributed by atoms with E-state index in [1.165, 1.54) is 12.1 Å². The van der Waals surface area contributed by atoms with Crippen molar-refractivity contribution in [1.82, 2.24) is 0 Å². The van der Waals surface area contributed by atoms with Gasteiger partial charge < -0.3 is 14.7 Å². The first-order valence-corrected chi connectivity index (χ1v) is 5.42. The molecule has 6 heteroatoms. The number of rotatable bonds is 3. The number of aliphatic hydroxyl groups excluding tert-OH is 1. The fourth-order valence-corrected chi connectivity index (χ4v) is 1.86. The molecule has 0 aromatic heterocycles. The second-order valence-electron chi connectivity index (χ2n) is 3.87. The topological polar surface area (TPSA) is 75.8 Å². The maximum Gasteiger partial charge on any atom is 0.271 e. The van der Waals surface area contributed by atoms with E-state index in [2.05, 4.69) is 0 Å². The molecule has 17 heavy (non-hydrogen) atoms. The highest BCUT2D eigenvalue weighted by Crippen LogP contribution is 2.24. The Kier molecular flexibility index (Phi) is 3.55. The molecule has 0 aliphatic carbocycles. The number of ether oxygens (including phenoxy) is 1.